The van der Waals surface area contributed by atoms with Crippen molar-refractivity contribution in [3.8, 4) is 11.4 Å². The third kappa shape index (κ3) is 2.98. The summed E-state index contributed by atoms with van der Waals surface area (Å²) in [6.45, 7) is 0. The summed E-state index contributed by atoms with van der Waals surface area (Å²) in [6, 6.07) is 8.41. The molecule has 3 rings (SSSR count). The van der Waals surface area contributed by atoms with Gasteiger partial charge in [-0.15, -0.1) is 10.2 Å². The summed E-state index contributed by atoms with van der Waals surface area (Å²) >= 11 is 7.43. The second-order valence-electron chi connectivity index (χ2n) is 4.59. The average molecular weight is 335 g/mol. The van der Waals surface area contributed by atoms with Crippen LogP contribution >= 0.6 is 23.4 Å². The number of hydrogen-bond donors (Lipinski definition) is 0. The fraction of sp³-hybridized carbons (Fsp3) is 0.133. The number of rotatable bonds is 4. The Hall–Kier alpha value is -1.92. The highest BCUT2D eigenvalue weighted by Crippen LogP contribution is 2.29. The number of hydrogen-bond acceptors (Lipinski definition) is 4. The summed E-state index contributed by atoms with van der Waals surface area (Å²) in [5, 5.41) is 9.46. The maximum atomic E-state index is 13.8. The lowest BCUT2D eigenvalue weighted by Gasteiger charge is -2.06. The number of halogens is 2. The molecule has 0 aliphatic heterocycles. The molecule has 1 aromatic carbocycles. The summed E-state index contributed by atoms with van der Waals surface area (Å²) in [5.74, 6) is 0.828. The molecule has 7 heteroatoms. The van der Waals surface area contributed by atoms with E-state index >= 15 is 0 Å². The highest BCUT2D eigenvalue weighted by Gasteiger charge is 2.13. The van der Waals surface area contributed by atoms with E-state index in [0.29, 0.717) is 21.5 Å². The molecule has 0 aliphatic rings. The van der Waals surface area contributed by atoms with Gasteiger partial charge in [0.1, 0.15) is 5.82 Å². The van der Waals surface area contributed by atoms with Crippen LogP contribution in [0, 0.1) is 5.82 Å². The molecular formula is C15H12ClFN4S. The van der Waals surface area contributed by atoms with Crippen LogP contribution in [0.5, 0.6) is 0 Å². The van der Waals surface area contributed by atoms with Crippen molar-refractivity contribution in [3.05, 3.63) is 59.1 Å². The fourth-order valence-electron chi connectivity index (χ4n) is 2.00. The highest BCUT2D eigenvalue weighted by atomic mass is 35.5. The molecule has 2 aromatic heterocycles. The zero-order valence-electron chi connectivity index (χ0n) is 11.7. The van der Waals surface area contributed by atoms with E-state index in [9.17, 15) is 4.39 Å². The van der Waals surface area contributed by atoms with Gasteiger partial charge in [0.15, 0.2) is 11.0 Å². The van der Waals surface area contributed by atoms with Crippen molar-refractivity contribution >= 4 is 23.4 Å². The van der Waals surface area contributed by atoms with Crippen LogP contribution in [-0.2, 0) is 12.8 Å². The zero-order valence-corrected chi connectivity index (χ0v) is 13.3. The lowest BCUT2D eigenvalue weighted by Crippen LogP contribution is -1.96. The summed E-state index contributed by atoms with van der Waals surface area (Å²) < 4.78 is 15.6. The van der Waals surface area contributed by atoms with Crippen molar-refractivity contribution in [2.24, 2.45) is 7.05 Å². The van der Waals surface area contributed by atoms with E-state index in [1.807, 2.05) is 23.7 Å². The second kappa shape index (κ2) is 6.46. The van der Waals surface area contributed by atoms with Crippen molar-refractivity contribution in [1.82, 2.24) is 19.7 Å². The minimum absolute atomic E-state index is 0.309. The first kappa shape index (κ1) is 15.0. The van der Waals surface area contributed by atoms with Crippen LogP contribution in [-0.4, -0.2) is 19.7 Å². The molecule has 0 saturated heterocycles. The molecule has 112 valence electrons. The Kier molecular flexibility index (Phi) is 4.40. The minimum atomic E-state index is -0.309. The number of benzene rings is 1. The smallest absolute Gasteiger partial charge is 0.191 e. The molecule has 22 heavy (non-hydrogen) atoms. The van der Waals surface area contributed by atoms with Crippen molar-refractivity contribution in [2.45, 2.75) is 10.9 Å². The first-order chi connectivity index (χ1) is 10.7. The number of aromatic nitrogens is 4. The van der Waals surface area contributed by atoms with Gasteiger partial charge in [-0.25, -0.2) is 4.39 Å². The molecule has 0 spiro atoms. The van der Waals surface area contributed by atoms with Crippen molar-refractivity contribution < 1.29 is 4.39 Å². The molecule has 0 saturated carbocycles. The van der Waals surface area contributed by atoms with Crippen molar-refractivity contribution in [2.75, 3.05) is 0 Å². The predicted octanol–water partition coefficient (Wildman–Crippen LogP) is 3.96. The monoisotopic (exact) mass is 334 g/mol. The topological polar surface area (TPSA) is 43.6 Å². The molecule has 0 fully saturated rings. The Balaban J connectivity index is 1.81. The van der Waals surface area contributed by atoms with Gasteiger partial charge in [0.05, 0.1) is 0 Å². The molecule has 3 aromatic rings. The van der Waals surface area contributed by atoms with Gasteiger partial charge in [-0.3, -0.25) is 4.98 Å². The normalized spacial score (nSPS) is 10.9. The van der Waals surface area contributed by atoms with Crippen molar-refractivity contribution in [1.29, 1.82) is 0 Å². The van der Waals surface area contributed by atoms with E-state index in [-0.39, 0.29) is 5.82 Å². The predicted molar refractivity (Wildman–Crippen MR) is 85.2 cm³/mol. The quantitative estimate of drug-likeness (QED) is 0.677. The van der Waals surface area contributed by atoms with Crippen LogP contribution in [0.25, 0.3) is 11.4 Å². The Morgan fingerprint density at radius 3 is 2.68 bits per heavy atom. The molecular weight excluding hydrogens is 323 g/mol. The molecule has 4 nitrogen and oxygen atoms in total. The van der Waals surface area contributed by atoms with Gasteiger partial charge in [0.25, 0.3) is 0 Å². The van der Waals surface area contributed by atoms with E-state index in [2.05, 4.69) is 15.2 Å². The molecule has 0 amide bonds. The highest BCUT2D eigenvalue weighted by molar-refractivity contribution is 7.98. The third-order valence-corrected chi connectivity index (χ3v) is 4.58. The van der Waals surface area contributed by atoms with Gasteiger partial charge in [-0.1, -0.05) is 29.4 Å². The zero-order chi connectivity index (χ0) is 15.5. The minimum Gasteiger partial charge on any atom is -0.305 e. The molecule has 0 N–H and O–H groups in total. The van der Waals surface area contributed by atoms with Gasteiger partial charge < -0.3 is 4.57 Å². The first-order valence-electron chi connectivity index (χ1n) is 6.52. The lowest BCUT2D eigenvalue weighted by molar-refractivity contribution is 0.617. The number of nitrogens with zero attached hydrogens (tertiary/aromatic N) is 4. The van der Waals surface area contributed by atoms with Crippen LogP contribution < -0.4 is 0 Å². The Morgan fingerprint density at radius 1 is 1.18 bits per heavy atom. The summed E-state index contributed by atoms with van der Waals surface area (Å²) in [6.07, 6.45) is 3.41. The fourth-order valence-corrected chi connectivity index (χ4v) is 3.25. The Bertz CT molecular complexity index is 771. The van der Waals surface area contributed by atoms with Crippen LogP contribution in [0.2, 0.25) is 5.02 Å². The van der Waals surface area contributed by atoms with Gasteiger partial charge in [0, 0.05) is 41.3 Å². The SMILES string of the molecule is Cn1c(SCc2c(F)cccc2Cl)nnc1-c1ccncc1. The largest absolute Gasteiger partial charge is 0.305 e. The summed E-state index contributed by atoms with van der Waals surface area (Å²) in [5.41, 5.74) is 1.41. The molecule has 0 unspecified atom stereocenters. The van der Waals surface area contributed by atoms with E-state index in [1.165, 1.54) is 17.8 Å². The van der Waals surface area contributed by atoms with Gasteiger partial charge in [-0.05, 0) is 24.3 Å². The third-order valence-electron chi connectivity index (χ3n) is 3.18. The molecule has 0 radical (unpaired) electrons. The van der Waals surface area contributed by atoms with Crippen molar-refractivity contribution in [3.63, 3.8) is 0 Å². The second-order valence-corrected chi connectivity index (χ2v) is 5.94. The van der Waals surface area contributed by atoms with E-state index in [0.717, 1.165) is 11.4 Å². The maximum Gasteiger partial charge on any atom is 0.191 e. The van der Waals surface area contributed by atoms with Gasteiger partial charge >= 0.3 is 0 Å². The molecule has 0 bridgehead atoms. The van der Waals surface area contributed by atoms with Crippen LogP contribution in [0.4, 0.5) is 4.39 Å². The Morgan fingerprint density at radius 2 is 1.95 bits per heavy atom. The van der Waals surface area contributed by atoms with Gasteiger partial charge in [0.2, 0.25) is 0 Å². The number of pyridine rings is 1. The van der Waals surface area contributed by atoms with Crippen LogP contribution in [0.3, 0.4) is 0 Å². The Labute approximate surface area is 136 Å². The molecule has 0 aliphatic carbocycles. The molecule has 0 atom stereocenters. The van der Waals surface area contributed by atoms with E-state index in [1.54, 1.807) is 24.5 Å². The standard InChI is InChI=1S/C15H12ClFN4S/c1-21-14(10-5-7-18-8-6-10)19-20-15(21)22-9-11-12(16)3-2-4-13(11)17/h2-8H,9H2,1H3. The molecule has 2 heterocycles. The maximum absolute atomic E-state index is 13.8. The average Bonchev–Trinajstić information content (AvgIpc) is 2.89. The summed E-state index contributed by atoms with van der Waals surface area (Å²) in [7, 11) is 1.88. The van der Waals surface area contributed by atoms with E-state index < -0.39 is 0 Å². The van der Waals surface area contributed by atoms with E-state index in [4.69, 9.17) is 11.6 Å². The lowest BCUT2D eigenvalue weighted by atomic mass is 10.2. The van der Waals surface area contributed by atoms with Gasteiger partial charge in [-0.2, -0.15) is 0 Å². The summed E-state index contributed by atoms with van der Waals surface area (Å²) in [4.78, 5) is 3.98. The number of thioether (sulfide) groups is 1. The first-order valence-corrected chi connectivity index (χ1v) is 7.88. The van der Waals surface area contributed by atoms with Crippen LogP contribution in [0.15, 0.2) is 47.9 Å². The van der Waals surface area contributed by atoms with Crippen LogP contribution in [0.1, 0.15) is 5.56 Å².